The number of ether oxygens (including phenoxy) is 1. The second kappa shape index (κ2) is 14.5. The molecule has 0 unspecified atom stereocenters. The van der Waals surface area contributed by atoms with Crippen molar-refractivity contribution in [2.45, 2.75) is 43.2 Å². The van der Waals surface area contributed by atoms with Gasteiger partial charge in [0.05, 0.1) is 33.3 Å². The van der Waals surface area contributed by atoms with Gasteiger partial charge in [-0.1, -0.05) is 49.7 Å². The third kappa shape index (κ3) is 8.63. The van der Waals surface area contributed by atoms with E-state index < -0.39 is 49.9 Å². The fourth-order valence-electron chi connectivity index (χ4n) is 4.90. The first kappa shape index (κ1) is 36.6. The summed E-state index contributed by atoms with van der Waals surface area (Å²) in [6, 6.07) is 17.5. The van der Waals surface area contributed by atoms with E-state index in [1.54, 1.807) is 38.1 Å². The second-order valence-electron chi connectivity index (χ2n) is 10.7. The van der Waals surface area contributed by atoms with Crippen molar-refractivity contribution in [2.75, 3.05) is 23.4 Å². The van der Waals surface area contributed by atoms with Crippen LogP contribution in [-0.2, 0) is 46.6 Å². The fourth-order valence-corrected chi connectivity index (χ4v) is 6.92. The maximum Gasteiger partial charge on any atom is 0.416 e. The highest BCUT2D eigenvalue weighted by atomic mass is 35.5. The van der Waals surface area contributed by atoms with Gasteiger partial charge in [0, 0.05) is 16.3 Å². The van der Waals surface area contributed by atoms with E-state index in [1.807, 2.05) is 0 Å². The Labute approximate surface area is 281 Å². The van der Waals surface area contributed by atoms with Crippen LogP contribution in [0, 0.1) is 6.92 Å². The van der Waals surface area contributed by atoms with Crippen molar-refractivity contribution >= 4 is 48.9 Å². The molecule has 0 saturated heterocycles. The lowest BCUT2D eigenvalue weighted by Gasteiger charge is -2.16. The average Bonchev–Trinajstić information content (AvgIpc) is 3.04. The van der Waals surface area contributed by atoms with Gasteiger partial charge in [0.1, 0.15) is 6.54 Å². The molecule has 254 valence electrons. The van der Waals surface area contributed by atoms with E-state index in [2.05, 4.69) is 5.32 Å². The number of hydrogen-bond donors (Lipinski definition) is 1. The van der Waals surface area contributed by atoms with E-state index in [0.29, 0.717) is 27.3 Å². The topological polar surface area (TPSA) is 124 Å². The molecule has 4 rings (SSSR count). The van der Waals surface area contributed by atoms with Gasteiger partial charge in [-0.05, 0) is 89.3 Å². The molecule has 0 spiro atoms. The molecular formula is C34H31ClF3NO7S2. The summed E-state index contributed by atoms with van der Waals surface area (Å²) in [5.74, 6) is -2.13. The lowest BCUT2D eigenvalue weighted by atomic mass is 9.94. The molecule has 0 aliphatic heterocycles. The Morgan fingerprint density at radius 3 is 1.98 bits per heavy atom. The summed E-state index contributed by atoms with van der Waals surface area (Å²) in [5, 5.41) is 3.07. The van der Waals surface area contributed by atoms with Crippen molar-refractivity contribution in [3.8, 4) is 22.3 Å². The lowest BCUT2D eigenvalue weighted by Crippen LogP contribution is -2.22. The number of hydrogen-bond acceptors (Lipinski definition) is 8. The van der Waals surface area contributed by atoms with Crippen LogP contribution < -0.4 is 5.32 Å². The number of carbonyl (C=O) groups is 2. The van der Waals surface area contributed by atoms with Crippen LogP contribution in [0.2, 0.25) is 5.02 Å². The van der Waals surface area contributed by atoms with Crippen molar-refractivity contribution in [1.82, 2.24) is 0 Å². The van der Waals surface area contributed by atoms with Crippen molar-refractivity contribution < 1.29 is 44.3 Å². The molecule has 0 aliphatic rings. The van der Waals surface area contributed by atoms with Crippen LogP contribution in [0.4, 0.5) is 18.9 Å². The second-order valence-corrected chi connectivity index (χ2v) is 15.7. The van der Waals surface area contributed by atoms with Crippen LogP contribution in [0.1, 0.15) is 30.5 Å². The Morgan fingerprint density at radius 1 is 0.750 bits per heavy atom. The number of anilines is 1. The lowest BCUT2D eigenvalue weighted by molar-refractivity contribution is -0.157. The highest BCUT2D eigenvalue weighted by Gasteiger charge is 2.31. The molecule has 0 atom stereocenters. The minimum atomic E-state index is -4.67. The Hall–Kier alpha value is -4.20. The quantitative estimate of drug-likeness (QED) is 0.126. The van der Waals surface area contributed by atoms with Crippen LogP contribution in [-0.4, -0.2) is 46.8 Å². The first-order valence-corrected chi connectivity index (χ1v) is 18.3. The number of halogens is 4. The largest absolute Gasteiger partial charge is 0.416 e. The van der Waals surface area contributed by atoms with Gasteiger partial charge in [-0.2, -0.15) is 13.2 Å². The van der Waals surface area contributed by atoms with Crippen molar-refractivity contribution in [2.24, 2.45) is 0 Å². The van der Waals surface area contributed by atoms with Gasteiger partial charge in [-0.3, -0.25) is 4.79 Å². The van der Waals surface area contributed by atoms with Crippen molar-refractivity contribution in [3.05, 3.63) is 101 Å². The fraction of sp³-hybridized carbons (Fsp3) is 0.235. The highest BCUT2D eigenvalue weighted by molar-refractivity contribution is 7.91. The number of benzene rings is 4. The van der Waals surface area contributed by atoms with Crippen LogP contribution in [0.3, 0.4) is 0 Å². The van der Waals surface area contributed by atoms with Gasteiger partial charge in [0.15, 0.2) is 19.7 Å². The molecule has 0 fully saturated rings. The predicted molar refractivity (Wildman–Crippen MR) is 177 cm³/mol. The minimum absolute atomic E-state index is 0.0118. The SMILES string of the molecule is CCS(=O)(=O)c1ccc(-c2cc(C(F)(F)F)ccc2NCC(=O)OC(=O)Cc2ccc(Cl)cc2-c2ccc(S(=O)(=O)CC)cc2C)cc1. The number of rotatable bonds is 11. The van der Waals surface area contributed by atoms with E-state index in [0.717, 1.165) is 18.2 Å². The highest BCUT2D eigenvalue weighted by Crippen LogP contribution is 2.37. The number of esters is 2. The summed E-state index contributed by atoms with van der Waals surface area (Å²) in [5.41, 5.74) is 1.70. The summed E-state index contributed by atoms with van der Waals surface area (Å²) in [6.45, 7) is 4.16. The first-order valence-electron chi connectivity index (χ1n) is 14.6. The number of sulfone groups is 2. The average molecular weight is 722 g/mol. The zero-order valence-electron chi connectivity index (χ0n) is 26.0. The minimum Gasteiger partial charge on any atom is -0.392 e. The molecule has 0 bridgehead atoms. The van der Waals surface area contributed by atoms with Crippen LogP contribution >= 0.6 is 11.6 Å². The summed E-state index contributed by atoms with van der Waals surface area (Å²) in [7, 11) is -6.99. The van der Waals surface area contributed by atoms with Crippen molar-refractivity contribution in [3.63, 3.8) is 0 Å². The Kier molecular flexibility index (Phi) is 11.1. The number of carbonyl (C=O) groups excluding carboxylic acids is 2. The zero-order chi connectivity index (χ0) is 35.4. The van der Waals surface area contributed by atoms with Gasteiger partial charge in [0.2, 0.25) is 0 Å². The third-order valence-electron chi connectivity index (χ3n) is 7.54. The summed E-state index contributed by atoms with van der Waals surface area (Å²) >= 11 is 6.23. The molecule has 8 nitrogen and oxygen atoms in total. The molecule has 0 amide bonds. The maximum absolute atomic E-state index is 13.5. The van der Waals surface area contributed by atoms with E-state index in [-0.39, 0.29) is 44.5 Å². The molecule has 1 N–H and O–H groups in total. The zero-order valence-corrected chi connectivity index (χ0v) is 28.4. The smallest absolute Gasteiger partial charge is 0.392 e. The van der Waals surface area contributed by atoms with Crippen LogP contribution in [0.25, 0.3) is 22.3 Å². The Morgan fingerprint density at radius 2 is 1.38 bits per heavy atom. The van der Waals surface area contributed by atoms with Gasteiger partial charge >= 0.3 is 18.1 Å². The van der Waals surface area contributed by atoms with E-state index in [9.17, 15) is 39.6 Å². The molecular weight excluding hydrogens is 691 g/mol. The van der Waals surface area contributed by atoms with Crippen molar-refractivity contribution in [1.29, 1.82) is 0 Å². The van der Waals surface area contributed by atoms with E-state index in [1.165, 1.54) is 43.3 Å². The summed E-state index contributed by atoms with van der Waals surface area (Å²) < 4.78 is 94.6. The van der Waals surface area contributed by atoms with E-state index >= 15 is 0 Å². The van der Waals surface area contributed by atoms with E-state index in [4.69, 9.17) is 16.3 Å². The molecule has 0 saturated carbocycles. The Balaban J connectivity index is 1.52. The normalized spacial score (nSPS) is 12.1. The monoisotopic (exact) mass is 721 g/mol. The molecule has 0 radical (unpaired) electrons. The third-order valence-corrected chi connectivity index (χ3v) is 11.3. The molecule has 4 aromatic carbocycles. The molecule has 0 aliphatic carbocycles. The summed E-state index contributed by atoms with van der Waals surface area (Å²) in [4.78, 5) is 25.7. The number of aryl methyl sites for hydroxylation is 1. The number of alkyl halides is 3. The standard InChI is InChI=1S/C34H31ClF3NO7S2/c1-4-47(42,43)26-11-7-22(8-12-26)30-18-24(34(36,37)38)9-15-31(30)39-20-33(41)46-32(40)17-23-6-10-25(35)19-29(23)28-14-13-27(16-21(28)3)48(44,45)5-2/h6-16,18-19,39H,4-5,17,20H2,1-3H3. The van der Waals surface area contributed by atoms with Gasteiger partial charge in [-0.25, -0.2) is 21.6 Å². The van der Waals surface area contributed by atoms with Crippen LogP contribution in [0.15, 0.2) is 88.7 Å². The molecule has 0 heterocycles. The Bertz CT molecular complexity index is 2080. The van der Waals surface area contributed by atoms with Gasteiger partial charge in [-0.15, -0.1) is 0 Å². The first-order chi connectivity index (χ1) is 22.4. The van der Waals surface area contributed by atoms with Crippen LogP contribution in [0.5, 0.6) is 0 Å². The maximum atomic E-state index is 13.5. The molecule has 48 heavy (non-hydrogen) atoms. The molecule has 4 aromatic rings. The molecule has 0 aromatic heterocycles. The predicted octanol–water partition coefficient (Wildman–Crippen LogP) is 7.31. The number of nitrogens with one attached hydrogen (secondary N) is 1. The summed E-state index contributed by atoms with van der Waals surface area (Å²) in [6.07, 6.45) is -5.01. The van der Waals surface area contributed by atoms with Gasteiger partial charge < -0.3 is 10.1 Å². The molecule has 14 heteroatoms. The van der Waals surface area contributed by atoms with Gasteiger partial charge in [0.25, 0.3) is 0 Å².